The number of carbonyl (C=O) groups is 4. The fourth-order valence-electron chi connectivity index (χ4n) is 3.22. The molecule has 0 bridgehead atoms. The Morgan fingerprint density at radius 2 is 1.29 bits per heavy atom. The highest BCUT2D eigenvalue weighted by Gasteiger charge is 2.51. The fourth-order valence-corrected chi connectivity index (χ4v) is 3.22. The van der Waals surface area contributed by atoms with Gasteiger partial charge in [0.1, 0.15) is 18.8 Å². The number of ether oxygens (including phenoxy) is 7. The minimum absolute atomic E-state index is 0.160. The van der Waals surface area contributed by atoms with Crippen LogP contribution in [-0.4, -0.2) is 94.0 Å². The van der Waals surface area contributed by atoms with Crippen LogP contribution in [0.5, 0.6) is 0 Å². The SMILES string of the molecule is CC(=O)OC[C@H]1O[C@H](CCOCCOCCN=[N+]=[N-])[C@H](OC(C)=O)[C@@H](OC(C)=O)[C@H]1OC(C)=O. The summed E-state index contributed by atoms with van der Waals surface area (Å²) in [5.41, 5.74) is 8.20. The van der Waals surface area contributed by atoms with E-state index in [1.807, 2.05) is 0 Å². The van der Waals surface area contributed by atoms with Crippen molar-refractivity contribution in [2.45, 2.75) is 64.6 Å². The second-order valence-electron chi connectivity index (χ2n) is 7.21. The number of nitrogens with zero attached hydrogens (tertiary/aromatic N) is 3. The summed E-state index contributed by atoms with van der Waals surface area (Å²) in [5.74, 6) is -2.63. The van der Waals surface area contributed by atoms with Gasteiger partial charge >= 0.3 is 23.9 Å². The molecule has 0 aliphatic carbocycles. The van der Waals surface area contributed by atoms with Crippen molar-refractivity contribution in [2.75, 3.05) is 39.6 Å². The van der Waals surface area contributed by atoms with Crippen molar-refractivity contribution in [3.63, 3.8) is 0 Å². The first-order valence-corrected chi connectivity index (χ1v) is 10.6. The second-order valence-corrected chi connectivity index (χ2v) is 7.21. The van der Waals surface area contributed by atoms with E-state index in [1.54, 1.807) is 0 Å². The van der Waals surface area contributed by atoms with Gasteiger partial charge in [0.2, 0.25) is 0 Å². The van der Waals surface area contributed by atoms with Crippen molar-refractivity contribution >= 4 is 23.9 Å². The van der Waals surface area contributed by atoms with Crippen LogP contribution >= 0.6 is 0 Å². The molecule has 0 aromatic heterocycles. The Morgan fingerprint density at radius 3 is 1.82 bits per heavy atom. The van der Waals surface area contributed by atoms with E-state index in [-0.39, 0.29) is 46.0 Å². The zero-order chi connectivity index (χ0) is 25.5. The van der Waals surface area contributed by atoms with Crippen molar-refractivity contribution < 1.29 is 52.3 Å². The van der Waals surface area contributed by atoms with Gasteiger partial charge < -0.3 is 33.2 Å². The van der Waals surface area contributed by atoms with Crippen LogP contribution in [0.2, 0.25) is 0 Å². The molecule has 1 rings (SSSR count). The average molecular weight is 489 g/mol. The van der Waals surface area contributed by atoms with Crippen molar-refractivity contribution in [2.24, 2.45) is 5.11 Å². The molecule has 1 heterocycles. The van der Waals surface area contributed by atoms with E-state index in [0.717, 1.165) is 13.8 Å². The number of esters is 4. The van der Waals surface area contributed by atoms with Crippen molar-refractivity contribution in [1.29, 1.82) is 0 Å². The molecule has 0 unspecified atom stereocenters. The highest BCUT2D eigenvalue weighted by molar-refractivity contribution is 5.68. The summed E-state index contributed by atoms with van der Waals surface area (Å²) in [6.07, 6.45) is -5.11. The van der Waals surface area contributed by atoms with Crippen LogP contribution in [0.1, 0.15) is 34.1 Å². The lowest BCUT2D eigenvalue weighted by Crippen LogP contribution is -2.62. The second kappa shape index (κ2) is 15.8. The molecular formula is C20H31N3O11. The molecule has 1 aliphatic rings. The zero-order valence-corrected chi connectivity index (χ0v) is 19.7. The lowest BCUT2D eigenvalue weighted by Gasteiger charge is -2.44. The van der Waals surface area contributed by atoms with Gasteiger partial charge in [-0.3, -0.25) is 19.2 Å². The van der Waals surface area contributed by atoms with E-state index in [1.165, 1.54) is 13.8 Å². The van der Waals surface area contributed by atoms with E-state index in [2.05, 4.69) is 10.0 Å². The average Bonchev–Trinajstić information content (AvgIpc) is 2.74. The Hall–Kier alpha value is -2.93. The van der Waals surface area contributed by atoms with E-state index in [0.29, 0.717) is 0 Å². The van der Waals surface area contributed by atoms with Gasteiger partial charge in [0, 0.05) is 52.2 Å². The number of azide groups is 1. The summed E-state index contributed by atoms with van der Waals surface area (Å²) in [7, 11) is 0. The van der Waals surface area contributed by atoms with Crippen LogP contribution in [0.4, 0.5) is 0 Å². The largest absolute Gasteiger partial charge is 0.463 e. The smallest absolute Gasteiger partial charge is 0.303 e. The molecule has 34 heavy (non-hydrogen) atoms. The van der Waals surface area contributed by atoms with Gasteiger partial charge in [0.05, 0.1) is 19.8 Å². The van der Waals surface area contributed by atoms with E-state index in [4.69, 9.17) is 38.7 Å². The van der Waals surface area contributed by atoms with Gasteiger partial charge in [-0.25, -0.2) is 0 Å². The van der Waals surface area contributed by atoms with Gasteiger partial charge in [-0.2, -0.15) is 0 Å². The molecule has 0 aromatic carbocycles. The van der Waals surface area contributed by atoms with Gasteiger partial charge in [-0.05, 0) is 5.53 Å². The summed E-state index contributed by atoms with van der Waals surface area (Å²) in [4.78, 5) is 49.2. The molecule has 0 spiro atoms. The molecule has 14 nitrogen and oxygen atoms in total. The minimum atomic E-state index is -1.20. The first kappa shape index (κ1) is 29.1. The van der Waals surface area contributed by atoms with Crippen LogP contribution in [0.25, 0.3) is 10.4 Å². The predicted octanol–water partition coefficient (Wildman–Crippen LogP) is 0.846. The lowest BCUT2D eigenvalue weighted by molar-refractivity contribution is -0.254. The summed E-state index contributed by atoms with van der Waals surface area (Å²) in [6.45, 7) is 5.54. The first-order chi connectivity index (χ1) is 16.1. The van der Waals surface area contributed by atoms with Crippen molar-refractivity contribution in [1.82, 2.24) is 0 Å². The quantitative estimate of drug-likeness (QED) is 0.0842. The third-order valence-corrected chi connectivity index (χ3v) is 4.40. The lowest BCUT2D eigenvalue weighted by atomic mass is 9.92. The minimum Gasteiger partial charge on any atom is -0.463 e. The summed E-state index contributed by atoms with van der Waals surface area (Å²) < 4.78 is 37.8. The van der Waals surface area contributed by atoms with Crippen LogP contribution in [-0.2, 0) is 52.3 Å². The summed E-state index contributed by atoms with van der Waals surface area (Å²) in [6, 6.07) is 0. The standard InChI is InChI=1S/C20H31N3O11/c1-12(24)30-11-17-19(32-14(3)26)20(33-15(4)27)18(31-13(2)25)16(34-17)5-7-28-9-10-29-8-6-22-23-21/h16-20H,5-11H2,1-4H3/t16-,17-,18+,19+,20-/m1/s1. The Balaban J connectivity index is 2.91. The number of rotatable bonds is 14. The third kappa shape index (κ3) is 11.3. The highest BCUT2D eigenvalue weighted by atomic mass is 16.7. The van der Waals surface area contributed by atoms with Crippen molar-refractivity contribution in [3.05, 3.63) is 10.4 Å². The summed E-state index contributed by atoms with van der Waals surface area (Å²) in [5, 5.41) is 3.34. The molecule has 14 heteroatoms. The Labute approximate surface area is 196 Å². The Morgan fingerprint density at radius 1 is 0.765 bits per heavy atom. The van der Waals surface area contributed by atoms with E-state index >= 15 is 0 Å². The Kier molecular flexibility index (Phi) is 13.5. The maximum absolute atomic E-state index is 11.8. The maximum atomic E-state index is 11.8. The topological polar surface area (TPSA) is 182 Å². The maximum Gasteiger partial charge on any atom is 0.303 e. The molecule has 1 aliphatic heterocycles. The number of hydrogen-bond donors (Lipinski definition) is 0. The summed E-state index contributed by atoms with van der Waals surface area (Å²) >= 11 is 0. The van der Waals surface area contributed by atoms with Gasteiger partial charge in [-0.1, -0.05) is 5.11 Å². The molecule has 1 fully saturated rings. The van der Waals surface area contributed by atoms with Crippen molar-refractivity contribution in [3.8, 4) is 0 Å². The van der Waals surface area contributed by atoms with Gasteiger partial charge in [0.25, 0.3) is 0 Å². The molecule has 0 aromatic rings. The monoisotopic (exact) mass is 489 g/mol. The third-order valence-electron chi connectivity index (χ3n) is 4.40. The predicted molar refractivity (Wildman–Crippen MR) is 112 cm³/mol. The first-order valence-electron chi connectivity index (χ1n) is 10.6. The highest BCUT2D eigenvalue weighted by Crippen LogP contribution is 2.30. The number of carbonyl (C=O) groups excluding carboxylic acids is 4. The molecule has 0 amide bonds. The van der Waals surface area contributed by atoms with Crippen LogP contribution in [0.3, 0.4) is 0 Å². The zero-order valence-electron chi connectivity index (χ0n) is 19.7. The molecule has 0 radical (unpaired) electrons. The van der Waals surface area contributed by atoms with Crippen LogP contribution in [0.15, 0.2) is 5.11 Å². The molecule has 0 N–H and O–H groups in total. The van der Waals surface area contributed by atoms with Crippen LogP contribution < -0.4 is 0 Å². The molecule has 0 saturated carbocycles. The fraction of sp³-hybridized carbons (Fsp3) is 0.800. The molecule has 5 atom stereocenters. The molecule has 192 valence electrons. The molecule has 1 saturated heterocycles. The van der Waals surface area contributed by atoms with E-state index in [9.17, 15) is 19.2 Å². The Bertz CT molecular complexity index is 741. The van der Waals surface area contributed by atoms with E-state index < -0.39 is 54.4 Å². The normalized spacial score (nSPS) is 23.8. The number of hydrogen-bond acceptors (Lipinski definition) is 12. The van der Waals surface area contributed by atoms with Gasteiger partial charge in [-0.15, -0.1) is 0 Å². The van der Waals surface area contributed by atoms with Gasteiger partial charge in [0.15, 0.2) is 18.3 Å². The molecular weight excluding hydrogens is 458 g/mol. The van der Waals surface area contributed by atoms with Crippen LogP contribution in [0, 0.1) is 0 Å².